The molecule has 39 heavy (non-hydrogen) atoms. The van der Waals surface area contributed by atoms with Crippen LogP contribution in [0.3, 0.4) is 0 Å². The monoisotopic (exact) mass is 550 g/mol. The van der Waals surface area contributed by atoms with E-state index in [9.17, 15) is 22.6 Å². The number of amides is 2. The number of likely N-dealkylation sites (N-methyl/N-ethyl adjacent to an activating group) is 1. The molecule has 206 valence electrons. The highest BCUT2D eigenvalue weighted by Gasteiger charge is 2.36. The molecule has 2 aromatic carbocycles. The molecule has 3 aromatic rings. The zero-order chi connectivity index (χ0) is 28.0. The summed E-state index contributed by atoms with van der Waals surface area (Å²) in [5.74, 6) is -0.597. The summed E-state index contributed by atoms with van der Waals surface area (Å²) in [6.07, 6.45) is 5.67. The van der Waals surface area contributed by atoms with Crippen LogP contribution in [0.4, 0.5) is 0 Å². The molecule has 0 unspecified atom stereocenters. The fourth-order valence-corrected chi connectivity index (χ4v) is 5.14. The van der Waals surface area contributed by atoms with Gasteiger partial charge in [-0.3, -0.25) is 19.6 Å². The van der Waals surface area contributed by atoms with E-state index < -0.39 is 22.2 Å². The summed E-state index contributed by atoms with van der Waals surface area (Å²) in [5, 5.41) is 5.72. The van der Waals surface area contributed by atoms with E-state index in [4.69, 9.17) is 4.98 Å². The van der Waals surface area contributed by atoms with Crippen LogP contribution in [-0.4, -0.2) is 65.3 Å². The zero-order valence-electron chi connectivity index (χ0n) is 21.9. The molecule has 3 atom stereocenters. The number of carbonyl (C=O) groups is 2. The summed E-state index contributed by atoms with van der Waals surface area (Å²) >= 11 is 0. The summed E-state index contributed by atoms with van der Waals surface area (Å²) in [7, 11) is -2.94. The lowest BCUT2D eigenvalue weighted by molar-refractivity contribution is -0.137. The van der Waals surface area contributed by atoms with Gasteiger partial charge in [-0.05, 0) is 50.1 Å². The second-order valence-corrected chi connectivity index (χ2v) is 11.0. The highest BCUT2D eigenvalue weighted by Crippen LogP contribution is 2.31. The number of nitrogens with one attached hydrogen (secondary N) is 2. The van der Waals surface area contributed by atoms with Crippen LogP contribution in [0.25, 0.3) is 0 Å². The molecule has 1 aliphatic heterocycles. The van der Waals surface area contributed by atoms with Crippen LogP contribution in [0.1, 0.15) is 48.3 Å². The van der Waals surface area contributed by atoms with Crippen molar-refractivity contribution in [2.75, 3.05) is 13.6 Å². The third-order valence-corrected chi connectivity index (χ3v) is 7.75. The highest BCUT2D eigenvalue weighted by atomic mass is 32.2. The molecule has 4 rings (SSSR count). The Morgan fingerprint density at radius 1 is 1.08 bits per heavy atom. The molecule has 2 N–H and O–H groups in total. The average Bonchev–Trinajstić information content (AvgIpc) is 3.42. The normalized spacial score (nSPS) is 17.0. The van der Waals surface area contributed by atoms with Crippen LogP contribution in [-0.2, 0) is 32.5 Å². The van der Waals surface area contributed by atoms with Crippen molar-refractivity contribution in [3.05, 3.63) is 89.5 Å². The molecule has 1 saturated heterocycles. The lowest BCUT2D eigenvalue weighted by atomic mass is 10.0. The van der Waals surface area contributed by atoms with Gasteiger partial charge in [-0.15, -0.1) is 0 Å². The van der Waals surface area contributed by atoms with Gasteiger partial charge in [0.15, 0.2) is 0 Å². The van der Waals surface area contributed by atoms with Gasteiger partial charge in [0.25, 0.3) is 0 Å². The highest BCUT2D eigenvalue weighted by molar-refractivity contribution is 7.85. The second-order valence-electron chi connectivity index (χ2n) is 9.66. The number of hydrogen-bond donors (Lipinski definition) is 2. The topological polar surface area (TPSA) is 144 Å². The van der Waals surface area contributed by atoms with Gasteiger partial charge in [0.2, 0.25) is 11.8 Å². The van der Waals surface area contributed by atoms with Crippen LogP contribution in [0.5, 0.6) is 0 Å². The standard InChI is InChI=1S/C28H33N5O5S/c1-19(29-2)27(34)32-24(16-21-10-12-23(13-11-21)39(36,37)38)28(35)33-14-6-9-26(33)25-18-30-17-22(31-25)15-20-7-4-3-5-8-20/h3-5,7-8,10-13,17-19,24,26,29H,6,9,14-16H2,1-2H3,(H,32,34)(H,36,37,38)/p-1/t19-,24-,26+/m0/s1. The molecule has 0 radical (unpaired) electrons. The van der Waals surface area contributed by atoms with Crippen molar-refractivity contribution in [3.63, 3.8) is 0 Å². The van der Waals surface area contributed by atoms with Crippen LogP contribution in [0.2, 0.25) is 0 Å². The van der Waals surface area contributed by atoms with Crippen LogP contribution < -0.4 is 10.6 Å². The van der Waals surface area contributed by atoms with Crippen molar-refractivity contribution in [2.24, 2.45) is 0 Å². The lowest BCUT2D eigenvalue weighted by Crippen LogP contribution is -2.53. The third-order valence-electron chi connectivity index (χ3n) is 6.90. The molecule has 0 bridgehead atoms. The van der Waals surface area contributed by atoms with E-state index in [1.807, 2.05) is 30.3 Å². The number of rotatable bonds is 10. The number of likely N-dealkylation sites (tertiary alicyclic amines) is 1. The van der Waals surface area contributed by atoms with Gasteiger partial charge in [-0.25, -0.2) is 8.42 Å². The first kappa shape index (κ1) is 28.3. The van der Waals surface area contributed by atoms with E-state index in [2.05, 4.69) is 15.6 Å². The van der Waals surface area contributed by atoms with E-state index in [1.54, 1.807) is 31.3 Å². The molecule has 10 nitrogen and oxygen atoms in total. The Kier molecular flexibility index (Phi) is 9.05. The molecule has 1 aromatic heterocycles. The molecule has 0 saturated carbocycles. The Morgan fingerprint density at radius 3 is 2.46 bits per heavy atom. The molecule has 1 fully saturated rings. The average molecular weight is 551 g/mol. The summed E-state index contributed by atoms with van der Waals surface area (Å²) in [6.45, 7) is 2.20. The van der Waals surface area contributed by atoms with E-state index in [1.165, 1.54) is 24.3 Å². The number of carbonyl (C=O) groups excluding carboxylic acids is 2. The summed E-state index contributed by atoms with van der Waals surface area (Å²) in [4.78, 5) is 37.2. The first-order chi connectivity index (χ1) is 18.7. The quantitative estimate of drug-likeness (QED) is 0.365. The molecule has 0 aliphatic carbocycles. The minimum Gasteiger partial charge on any atom is -0.744 e. The van der Waals surface area contributed by atoms with Gasteiger partial charge in [0.1, 0.15) is 16.2 Å². The van der Waals surface area contributed by atoms with E-state index in [0.717, 1.165) is 24.1 Å². The molecule has 11 heteroatoms. The maximum atomic E-state index is 13.9. The minimum atomic E-state index is -4.59. The molecule has 2 amide bonds. The van der Waals surface area contributed by atoms with Gasteiger partial charge in [-0.1, -0.05) is 42.5 Å². The van der Waals surface area contributed by atoms with Gasteiger partial charge in [-0.2, -0.15) is 0 Å². The van der Waals surface area contributed by atoms with Crippen molar-refractivity contribution in [2.45, 2.75) is 55.6 Å². The Labute approximate surface area is 228 Å². The maximum absolute atomic E-state index is 13.9. The second kappa shape index (κ2) is 12.5. The molecule has 1 aliphatic rings. The Bertz CT molecular complexity index is 1400. The smallest absolute Gasteiger partial charge is 0.246 e. The van der Waals surface area contributed by atoms with Crippen molar-refractivity contribution in [1.82, 2.24) is 25.5 Å². The molecular weight excluding hydrogens is 518 g/mol. The maximum Gasteiger partial charge on any atom is 0.246 e. The lowest BCUT2D eigenvalue weighted by Gasteiger charge is -2.30. The van der Waals surface area contributed by atoms with E-state index in [-0.39, 0.29) is 29.2 Å². The van der Waals surface area contributed by atoms with Crippen molar-refractivity contribution >= 4 is 21.9 Å². The fraction of sp³-hybridized carbons (Fsp3) is 0.357. The van der Waals surface area contributed by atoms with Gasteiger partial charge in [0, 0.05) is 25.6 Å². The number of aromatic nitrogens is 2. The van der Waals surface area contributed by atoms with Gasteiger partial charge >= 0.3 is 0 Å². The predicted octanol–water partition coefficient (Wildman–Crippen LogP) is 1.97. The van der Waals surface area contributed by atoms with E-state index >= 15 is 0 Å². The Balaban J connectivity index is 1.56. The molecule has 2 heterocycles. The minimum absolute atomic E-state index is 0.128. The molecule has 0 spiro atoms. The Hall–Kier alpha value is -3.67. The number of benzene rings is 2. The zero-order valence-corrected chi connectivity index (χ0v) is 22.7. The van der Waals surface area contributed by atoms with Crippen LogP contribution >= 0.6 is 0 Å². The SMILES string of the molecule is CN[C@@H](C)C(=O)N[C@@H](Cc1ccc(S(=O)(=O)[O-])cc1)C(=O)N1CCC[C@@H]1c1cncc(Cc2ccccc2)n1. The first-order valence-corrected chi connectivity index (χ1v) is 14.2. The number of nitrogens with zero attached hydrogens (tertiary/aromatic N) is 3. The summed E-state index contributed by atoms with van der Waals surface area (Å²) in [6, 6.07) is 13.6. The number of hydrogen-bond acceptors (Lipinski definition) is 8. The third kappa shape index (κ3) is 7.25. The van der Waals surface area contributed by atoms with Crippen LogP contribution in [0.15, 0.2) is 71.9 Å². The predicted molar refractivity (Wildman–Crippen MR) is 144 cm³/mol. The van der Waals surface area contributed by atoms with E-state index in [0.29, 0.717) is 24.2 Å². The summed E-state index contributed by atoms with van der Waals surface area (Å²) < 4.78 is 33.9. The summed E-state index contributed by atoms with van der Waals surface area (Å²) in [5.41, 5.74) is 3.23. The van der Waals surface area contributed by atoms with Crippen molar-refractivity contribution in [3.8, 4) is 0 Å². The largest absolute Gasteiger partial charge is 0.744 e. The fourth-order valence-electron chi connectivity index (χ4n) is 4.67. The van der Waals surface area contributed by atoms with Gasteiger partial charge < -0.3 is 20.1 Å². The van der Waals surface area contributed by atoms with Crippen molar-refractivity contribution < 1.29 is 22.6 Å². The van der Waals surface area contributed by atoms with Crippen molar-refractivity contribution in [1.29, 1.82) is 0 Å². The Morgan fingerprint density at radius 2 is 1.79 bits per heavy atom. The molecular formula is C28H32N5O5S-. The first-order valence-electron chi connectivity index (χ1n) is 12.8. The van der Waals surface area contributed by atoms with Gasteiger partial charge in [0.05, 0.1) is 34.6 Å². The van der Waals surface area contributed by atoms with Crippen LogP contribution in [0, 0.1) is 0 Å².